The Labute approximate surface area is 193 Å². The van der Waals surface area contributed by atoms with E-state index in [1.807, 2.05) is 49.9 Å². The number of amides is 1. The van der Waals surface area contributed by atoms with Crippen LogP contribution in [0.15, 0.2) is 59.5 Å². The number of carbonyl (C=O) groups excluding carboxylic acids is 1. The van der Waals surface area contributed by atoms with Crippen molar-refractivity contribution in [3.8, 4) is 0 Å². The summed E-state index contributed by atoms with van der Waals surface area (Å²) in [6, 6.07) is 15.5. The van der Waals surface area contributed by atoms with Crippen molar-refractivity contribution >= 4 is 44.4 Å². The number of anilines is 1. The zero-order valence-electron chi connectivity index (χ0n) is 18.3. The predicted octanol–water partition coefficient (Wildman–Crippen LogP) is 4.59. The summed E-state index contributed by atoms with van der Waals surface area (Å²) < 4.78 is 34.1. The summed E-state index contributed by atoms with van der Waals surface area (Å²) in [5.74, 6) is 0.565. The summed E-state index contributed by atoms with van der Waals surface area (Å²) >= 11 is 6.08. The first-order valence-electron chi connectivity index (χ1n) is 10.4. The highest BCUT2D eigenvalue weighted by Gasteiger charge is 2.30. The smallest absolute Gasteiger partial charge is 0.410 e. The monoisotopic (exact) mass is 475 g/mol. The minimum absolute atomic E-state index is 0.125. The van der Waals surface area contributed by atoms with Crippen molar-refractivity contribution < 1.29 is 17.9 Å². The molecule has 0 spiro atoms. The second-order valence-electron chi connectivity index (χ2n) is 8.74. The summed E-state index contributed by atoms with van der Waals surface area (Å²) in [6.45, 7) is 7.35. The molecule has 32 heavy (non-hydrogen) atoms. The number of aromatic nitrogens is 1. The number of fused-ring (bicyclic) bond motifs is 1. The fourth-order valence-corrected chi connectivity index (χ4v) is 5.60. The lowest BCUT2D eigenvalue weighted by Gasteiger charge is -2.36. The summed E-state index contributed by atoms with van der Waals surface area (Å²) in [6.07, 6.45) is -0.357. The lowest BCUT2D eigenvalue weighted by atomic mass is 10.2. The van der Waals surface area contributed by atoms with Crippen molar-refractivity contribution in [1.82, 2.24) is 8.87 Å². The molecule has 0 bridgehead atoms. The van der Waals surface area contributed by atoms with Gasteiger partial charge in [0, 0.05) is 36.6 Å². The Hall–Kier alpha value is -2.71. The Morgan fingerprint density at radius 2 is 1.66 bits per heavy atom. The number of hydrogen-bond acceptors (Lipinski definition) is 5. The van der Waals surface area contributed by atoms with Gasteiger partial charge in [-0.05, 0) is 51.1 Å². The third-order valence-electron chi connectivity index (χ3n) is 5.24. The molecule has 1 fully saturated rings. The molecular formula is C23H26ClN3O4S. The average molecular weight is 476 g/mol. The molecule has 0 saturated carbocycles. The highest BCUT2D eigenvalue weighted by atomic mass is 35.5. The van der Waals surface area contributed by atoms with Crippen molar-refractivity contribution in [2.24, 2.45) is 0 Å². The molecule has 1 aliphatic rings. The van der Waals surface area contributed by atoms with Crippen LogP contribution in [0.3, 0.4) is 0 Å². The van der Waals surface area contributed by atoms with Crippen molar-refractivity contribution in [2.75, 3.05) is 31.1 Å². The molecule has 0 N–H and O–H groups in total. The number of halogens is 1. The van der Waals surface area contributed by atoms with Gasteiger partial charge in [-0.15, -0.1) is 0 Å². The van der Waals surface area contributed by atoms with E-state index in [9.17, 15) is 13.2 Å². The largest absolute Gasteiger partial charge is 0.444 e. The first kappa shape index (κ1) is 22.5. The molecule has 1 saturated heterocycles. The molecule has 2 heterocycles. The van der Waals surface area contributed by atoms with E-state index in [4.69, 9.17) is 16.3 Å². The Morgan fingerprint density at radius 3 is 2.31 bits per heavy atom. The van der Waals surface area contributed by atoms with Gasteiger partial charge >= 0.3 is 6.09 Å². The average Bonchev–Trinajstić information content (AvgIpc) is 3.13. The molecule has 4 rings (SSSR count). The predicted molar refractivity (Wildman–Crippen MR) is 126 cm³/mol. The number of piperazine rings is 1. The van der Waals surface area contributed by atoms with Crippen LogP contribution >= 0.6 is 11.6 Å². The number of ether oxygens (including phenoxy) is 1. The molecule has 0 atom stereocenters. The maximum atomic E-state index is 13.6. The number of para-hydroxylation sites is 1. The number of benzene rings is 2. The van der Waals surface area contributed by atoms with Crippen LogP contribution in [0.2, 0.25) is 5.02 Å². The van der Waals surface area contributed by atoms with Crippen LogP contribution in [-0.4, -0.2) is 55.2 Å². The molecule has 0 radical (unpaired) electrons. The van der Waals surface area contributed by atoms with Crippen molar-refractivity contribution in [3.63, 3.8) is 0 Å². The van der Waals surface area contributed by atoms with Crippen LogP contribution in [0.1, 0.15) is 20.8 Å². The first-order valence-corrected chi connectivity index (χ1v) is 12.2. The van der Waals surface area contributed by atoms with Crippen LogP contribution in [0.25, 0.3) is 10.9 Å². The lowest BCUT2D eigenvalue weighted by molar-refractivity contribution is 0.0240. The van der Waals surface area contributed by atoms with Gasteiger partial charge in [-0.25, -0.2) is 17.2 Å². The summed E-state index contributed by atoms with van der Waals surface area (Å²) in [5.41, 5.74) is 0.0307. The van der Waals surface area contributed by atoms with Gasteiger partial charge in [-0.3, -0.25) is 0 Å². The molecule has 2 aromatic carbocycles. The normalized spacial score (nSPS) is 15.2. The fraction of sp³-hybridized carbons (Fsp3) is 0.348. The number of hydrogen-bond donors (Lipinski definition) is 0. The highest BCUT2D eigenvalue weighted by molar-refractivity contribution is 7.90. The maximum absolute atomic E-state index is 13.6. The van der Waals surface area contributed by atoms with Gasteiger partial charge in [0.15, 0.2) is 0 Å². The molecule has 7 nitrogen and oxygen atoms in total. The maximum Gasteiger partial charge on any atom is 0.410 e. The molecule has 0 unspecified atom stereocenters. The molecule has 1 aromatic heterocycles. The van der Waals surface area contributed by atoms with Gasteiger partial charge in [-0.2, -0.15) is 0 Å². The quantitative estimate of drug-likeness (QED) is 0.554. The molecule has 1 aliphatic heterocycles. The topological polar surface area (TPSA) is 71.8 Å². The van der Waals surface area contributed by atoms with Crippen molar-refractivity contribution in [3.05, 3.63) is 59.6 Å². The van der Waals surface area contributed by atoms with E-state index >= 15 is 0 Å². The Bertz CT molecular complexity index is 1260. The molecular weight excluding hydrogens is 450 g/mol. The van der Waals surface area contributed by atoms with Crippen LogP contribution in [0, 0.1) is 0 Å². The standard InChI is InChI=1S/C23H26ClN3O4S/c1-23(2,3)31-22(28)26-13-11-25(12-14-26)21-15-17-7-4-5-10-20(17)27(21)32(29,30)19-9-6-8-18(24)16-19/h4-10,15-16H,11-14H2,1-3H3. The molecule has 1 amide bonds. The van der Waals surface area contributed by atoms with Crippen molar-refractivity contribution in [2.45, 2.75) is 31.3 Å². The summed E-state index contributed by atoms with van der Waals surface area (Å²) in [4.78, 5) is 16.2. The number of carbonyl (C=O) groups is 1. The zero-order valence-corrected chi connectivity index (χ0v) is 19.9. The van der Waals surface area contributed by atoms with Gasteiger partial charge in [0.25, 0.3) is 10.0 Å². The van der Waals surface area contributed by atoms with E-state index in [-0.39, 0.29) is 11.0 Å². The lowest BCUT2D eigenvalue weighted by Crippen LogP contribution is -2.50. The summed E-state index contributed by atoms with van der Waals surface area (Å²) in [5, 5.41) is 1.18. The highest BCUT2D eigenvalue weighted by Crippen LogP contribution is 2.32. The van der Waals surface area contributed by atoms with Gasteiger partial charge in [0.2, 0.25) is 0 Å². The second kappa shape index (κ2) is 8.33. The third-order valence-corrected chi connectivity index (χ3v) is 7.19. The van der Waals surface area contributed by atoms with E-state index in [1.165, 1.54) is 10.0 Å². The minimum atomic E-state index is -3.89. The number of nitrogens with zero attached hydrogens (tertiary/aromatic N) is 3. The Morgan fingerprint density at radius 1 is 0.969 bits per heavy atom. The molecule has 3 aromatic rings. The second-order valence-corrected chi connectivity index (χ2v) is 11.0. The zero-order chi connectivity index (χ0) is 23.1. The van der Waals surface area contributed by atoms with Gasteiger partial charge < -0.3 is 14.5 Å². The van der Waals surface area contributed by atoms with Crippen LogP contribution in [-0.2, 0) is 14.8 Å². The van der Waals surface area contributed by atoms with E-state index in [0.717, 1.165) is 5.39 Å². The third kappa shape index (κ3) is 4.42. The molecule has 9 heteroatoms. The van der Waals surface area contributed by atoms with Gasteiger partial charge in [0.1, 0.15) is 11.4 Å². The Kier molecular flexibility index (Phi) is 5.85. The van der Waals surface area contributed by atoms with E-state index in [2.05, 4.69) is 0 Å². The fourth-order valence-electron chi connectivity index (χ4n) is 3.77. The van der Waals surface area contributed by atoms with Crippen LogP contribution in [0.4, 0.5) is 10.6 Å². The molecule has 0 aliphatic carbocycles. The number of rotatable bonds is 3. The molecule has 170 valence electrons. The van der Waals surface area contributed by atoms with E-state index in [1.54, 1.807) is 29.2 Å². The van der Waals surface area contributed by atoms with Crippen LogP contribution in [0.5, 0.6) is 0 Å². The Balaban J connectivity index is 1.69. The first-order chi connectivity index (χ1) is 15.1. The minimum Gasteiger partial charge on any atom is -0.444 e. The van der Waals surface area contributed by atoms with Gasteiger partial charge in [-0.1, -0.05) is 35.9 Å². The van der Waals surface area contributed by atoms with E-state index < -0.39 is 15.6 Å². The van der Waals surface area contributed by atoms with E-state index in [0.29, 0.717) is 42.5 Å². The SMILES string of the molecule is CC(C)(C)OC(=O)N1CCN(c2cc3ccccc3n2S(=O)(=O)c2cccc(Cl)c2)CC1. The van der Waals surface area contributed by atoms with Gasteiger partial charge in [0.05, 0.1) is 10.4 Å². The summed E-state index contributed by atoms with van der Waals surface area (Å²) in [7, 11) is -3.89. The van der Waals surface area contributed by atoms with Crippen molar-refractivity contribution in [1.29, 1.82) is 0 Å². The van der Waals surface area contributed by atoms with Crippen LogP contribution < -0.4 is 4.90 Å².